The molecule has 1 aliphatic heterocycles. The number of hydrogen-bond donors (Lipinski definition) is 2. The minimum atomic E-state index is -3.07. The lowest BCUT2D eigenvalue weighted by atomic mass is 9.95. The molecule has 0 unspecified atom stereocenters. The summed E-state index contributed by atoms with van der Waals surface area (Å²) in [6, 6.07) is 3.20. The molecule has 1 saturated heterocycles. The van der Waals surface area contributed by atoms with E-state index in [4.69, 9.17) is 0 Å². The predicted molar refractivity (Wildman–Crippen MR) is 108 cm³/mol. The van der Waals surface area contributed by atoms with Crippen LogP contribution in [0.2, 0.25) is 0 Å². The number of fused-ring (bicyclic) bond motifs is 1. The molecule has 0 saturated carbocycles. The predicted octanol–water partition coefficient (Wildman–Crippen LogP) is 2.86. The van der Waals surface area contributed by atoms with Gasteiger partial charge in [-0.1, -0.05) is 6.07 Å². The van der Waals surface area contributed by atoms with Crippen LogP contribution < -0.4 is 10.6 Å². The van der Waals surface area contributed by atoms with Crippen molar-refractivity contribution in [3.05, 3.63) is 38.4 Å². The van der Waals surface area contributed by atoms with Crippen molar-refractivity contribution in [3.8, 4) is 0 Å². The summed E-state index contributed by atoms with van der Waals surface area (Å²) in [7, 11) is -3.07. The molecule has 2 aliphatic rings. The largest absolute Gasteiger partial charge is 0.348 e. The van der Waals surface area contributed by atoms with Crippen LogP contribution in [0.25, 0.3) is 0 Å². The van der Waals surface area contributed by atoms with E-state index in [1.54, 1.807) is 6.07 Å². The standard InChI is InChI=1S/C18H20N2O4S3/c21-16(14-6-3-8-25-14)20-18-15(12-4-1-2-5-13(12)26-18)17(22)19-11-7-9-27(23,24)10-11/h3,6,8,11H,1-2,4-5,7,9-10H2,(H,19,22)(H,20,21)/t11-/m1/s1. The van der Waals surface area contributed by atoms with Crippen molar-refractivity contribution in [1.82, 2.24) is 5.32 Å². The summed E-state index contributed by atoms with van der Waals surface area (Å²) in [6.45, 7) is 0. The molecule has 9 heteroatoms. The maximum atomic E-state index is 13.0. The van der Waals surface area contributed by atoms with Gasteiger partial charge in [-0.15, -0.1) is 22.7 Å². The van der Waals surface area contributed by atoms with Gasteiger partial charge in [0.2, 0.25) is 0 Å². The van der Waals surface area contributed by atoms with Crippen molar-refractivity contribution in [2.24, 2.45) is 0 Å². The van der Waals surface area contributed by atoms with E-state index in [2.05, 4.69) is 10.6 Å². The number of hydrogen-bond acceptors (Lipinski definition) is 6. The number of amides is 2. The van der Waals surface area contributed by atoms with Crippen LogP contribution in [0.15, 0.2) is 17.5 Å². The minimum absolute atomic E-state index is 0.0119. The van der Waals surface area contributed by atoms with Gasteiger partial charge in [-0.05, 0) is 49.1 Å². The van der Waals surface area contributed by atoms with Gasteiger partial charge in [0.05, 0.1) is 21.9 Å². The molecule has 0 bridgehead atoms. The molecule has 1 fully saturated rings. The Morgan fingerprint density at radius 1 is 1.15 bits per heavy atom. The van der Waals surface area contributed by atoms with Gasteiger partial charge in [0.1, 0.15) is 5.00 Å². The number of nitrogens with one attached hydrogen (secondary N) is 2. The van der Waals surface area contributed by atoms with E-state index in [0.29, 0.717) is 21.9 Å². The lowest BCUT2D eigenvalue weighted by Crippen LogP contribution is -2.36. The molecule has 2 aromatic heterocycles. The second kappa shape index (κ2) is 7.37. The van der Waals surface area contributed by atoms with E-state index in [-0.39, 0.29) is 29.4 Å². The summed E-state index contributed by atoms with van der Waals surface area (Å²) in [5.41, 5.74) is 1.52. The van der Waals surface area contributed by atoms with Crippen LogP contribution in [-0.4, -0.2) is 37.8 Å². The van der Waals surface area contributed by atoms with Crippen molar-refractivity contribution in [2.45, 2.75) is 38.1 Å². The fourth-order valence-electron chi connectivity index (χ4n) is 3.63. The fraction of sp³-hybridized carbons (Fsp3) is 0.444. The summed E-state index contributed by atoms with van der Waals surface area (Å²) in [4.78, 5) is 27.2. The molecule has 6 nitrogen and oxygen atoms in total. The summed E-state index contributed by atoms with van der Waals surface area (Å²) < 4.78 is 23.4. The molecule has 1 atom stereocenters. The Kier molecular flexibility index (Phi) is 5.09. The average molecular weight is 425 g/mol. The molecule has 4 rings (SSSR count). The number of carbonyl (C=O) groups excluding carboxylic acids is 2. The monoisotopic (exact) mass is 424 g/mol. The summed E-state index contributed by atoms with van der Waals surface area (Å²) >= 11 is 2.82. The highest BCUT2D eigenvalue weighted by molar-refractivity contribution is 7.91. The maximum Gasteiger partial charge on any atom is 0.266 e. The zero-order valence-corrected chi connectivity index (χ0v) is 17.1. The number of aryl methyl sites for hydroxylation is 1. The Hall–Kier alpha value is -1.71. The molecule has 2 amide bonds. The Labute approximate surface area is 165 Å². The molecule has 0 radical (unpaired) electrons. The number of sulfone groups is 1. The van der Waals surface area contributed by atoms with E-state index in [0.717, 1.165) is 36.1 Å². The van der Waals surface area contributed by atoms with E-state index in [1.807, 2.05) is 11.4 Å². The molecule has 1 aliphatic carbocycles. The van der Waals surface area contributed by atoms with Crippen LogP contribution in [0.1, 0.15) is 49.7 Å². The zero-order valence-electron chi connectivity index (χ0n) is 14.6. The minimum Gasteiger partial charge on any atom is -0.348 e. The first-order chi connectivity index (χ1) is 12.9. The number of carbonyl (C=O) groups is 2. The average Bonchev–Trinajstić information content (AvgIpc) is 3.33. The second-order valence-corrected chi connectivity index (χ2v) is 11.2. The molecule has 2 N–H and O–H groups in total. The molecule has 0 spiro atoms. The molecule has 0 aromatic carbocycles. The van der Waals surface area contributed by atoms with Crippen molar-refractivity contribution in [2.75, 3.05) is 16.8 Å². The van der Waals surface area contributed by atoms with E-state index < -0.39 is 9.84 Å². The van der Waals surface area contributed by atoms with Crippen molar-refractivity contribution in [3.63, 3.8) is 0 Å². The molecule has 144 valence electrons. The first-order valence-corrected chi connectivity index (χ1v) is 12.5. The molecule has 2 aromatic rings. The van der Waals surface area contributed by atoms with Gasteiger partial charge >= 0.3 is 0 Å². The third kappa shape index (κ3) is 3.95. The summed E-state index contributed by atoms with van der Waals surface area (Å²) in [5, 5.41) is 8.18. The van der Waals surface area contributed by atoms with Gasteiger partial charge < -0.3 is 10.6 Å². The Morgan fingerprint density at radius 3 is 2.67 bits per heavy atom. The third-order valence-corrected chi connectivity index (χ3v) is 8.78. The van der Waals surface area contributed by atoms with Gasteiger partial charge in [-0.25, -0.2) is 8.42 Å². The highest BCUT2D eigenvalue weighted by atomic mass is 32.2. The van der Waals surface area contributed by atoms with Crippen molar-refractivity contribution in [1.29, 1.82) is 0 Å². The number of rotatable bonds is 4. The molecule has 3 heterocycles. The third-order valence-electron chi connectivity index (χ3n) is 4.94. The van der Waals surface area contributed by atoms with Crippen LogP contribution in [0.4, 0.5) is 5.00 Å². The van der Waals surface area contributed by atoms with Crippen LogP contribution >= 0.6 is 22.7 Å². The van der Waals surface area contributed by atoms with Crippen LogP contribution in [0.3, 0.4) is 0 Å². The second-order valence-electron chi connectivity index (χ2n) is 6.92. The normalized spacial score (nSPS) is 20.8. The SMILES string of the molecule is O=C(Nc1sc2c(c1C(=O)N[C@@H]1CCS(=O)(=O)C1)CCCC2)c1cccs1. The molecular formula is C18H20N2O4S3. The fourth-order valence-corrected chi connectivity index (χ4v) is 7.21. The van der Waals surface area contributed by atoms with Gasteiger partial charge in [0, 0.05) is 10.9 Å². The van der Waals surface area contributed by atoms with Crippen LogP contribution in [-0.2, 0) is 22.7 Å². The highest BCUT2D eigenvalue weighted by Gasteiger charge is 2.32. The zero-order chi connectivity index (χ0) is 19.0. The quantitative estimate of drug-likeness (QED) is 0.789. The lowest BCUT2D eigenvalue weighted by molar-refractivity contribution is 0.0941. The molecular weight excluding hydrogens is 404 g/mol. The Bertz CT molecular complexity index is 977. The first-order valence-electron chi connectivity index (χ1n) is 8.93. The van der Waals surface area contributed by atoms with E-state index in [9.17, 15) is 18.0 Å². The molecule has 27 heavy (non-hydrogen) atoms. The highest BCUT2D eigenvalue weighted by Crippen LogP contribution is 2.38. The lowest BCUT2D eigenvalue weighted by Gasteiger charge is -2.15. The van der Waals surface area contributed by atoms with Gasteiger partial charge in [-0.2, -0.15) is 0 Å². The topological polar surface area (TPSA) is 92.3 Å². The van der Waals surface area contributed by atoms with E-state index in [1.165, 1.54) is 22.7 Å². The maximum absolute atomic E-state index is 13.0. The van der Waals surface area contributed by atoms with Crippen molar-refractivity contribution >= 4 is 49.3 Å². The van der Waals surface area contributed by atoms with Crippen molar-refractivity contribution < 1.29 is 18.0 Å². The Morgan fingerprint density at radius 2 is 1.96 bits per heavy atom. The number of anilines is 1. The summed E-state index contributed by atoms with van der Waals surface area (Å²) in [5.74, 6) is -0.400. The first kappa shape index (κ1) is 18.6. The Balaban J connectivity index is 1.61. The van der Waals surface area contributed by atoms with Crippen LogP contribution in [0.5, 0.6) is 0 Å². The van der Waals surface area contributed by atoms with Gasteiger partial charge in [0.25, 0.3) is 11.8 Å². The summed E-state index contributed by atoms with van der Waals surface area (Å²) in [6.07, 6.45) is 4.25. The smallest absolute Gasteiger partial charge is 0.266 e. The van der Waals surface area contributed by atoms with Crippen LogP contribution in [0, 0.1) is 0 Å². The number of thiophene rings is 2. The van der Waals surface area contributed by atoms with E-state index >= 15 is 0 Å². The van der Waals surface area contributed by atoms with Gasteiger partial charge in [0.15, 0.2) is 9.84 Å². The van der Waals surface area contributed by atoms with Gasteiger partial charge in [-0.3, -0.25) is 9.59 Å².